The molecule has 4 aromatic rings. The Balaban J connectivity index is 1.84. The fourth-order valence-corrected chi connectivity index (χ4v) is 4.84. The monoisotopic (exact) mass is 442 g/mol. The largest absolute Gasteiger partial charge is 0.772 e. The maximum Gasteiger partial charge on any atom is 0.126 e. The van der Waals surface area contributed by atoms with E-state index in [0.29, 0.717) is 10.6 Å². The molecule has 1 aromatic heterocycles. The average molecular weight is 443 g/mol. The third-order valence-corrected chi connectivity index (χ3v) is 6.39. The number of thiazole rings is 1. The number of hydrogen-bond acceptors (Lipinski definition) is 4. The first kappa shape index (κ1) is 19.9. The number of rotatable bonds is 5. The molecule has 0 amide bonds. The molecule has 0 saturated heterocycles. The van der Waals surface area contributed by atoms with E-state index in [2.05, 4.69) is 0 Å². The van der Waals surface area contributed by atoms with Gasteiger partial charge in [0.2, 0.25) is 0 Å². The fraction of sp³-hybridized carbons (Fsp3) is 0.0455. The zero-order valence-electron chi connectivity index (χ0n) is 15.0. The van der Waals surface area contributed by atoms with Gasteiger partial charge in [0.15, 0.2) is 0 Å². The number of hydrogen-bond donors (Lipinski definition) is 0. The summed E-state index contributed by atoms with van der Waals surface area (Å²) in [6.45, 7) is 0. The maximum absolute atomic E-state index is 13.4. The van der Waals surface area contributed by atoms with E-state index in [1.165, 1.54) is 23.5 Å². The van der Waals surface area contributed by atoms with Crippen LogP contribution in [0.25, 0.3) is 32.3 Å². The van der Waals surface area contributed by atoms with Gasteiger partial charge in [0.1, 0.15) is 10.8 Å². The van der Waals surface area contributed by atoms with Crippen molar-refractivity contribution < 1.29 is 13.2 Å². The van der Waals surface area contributed by atoms with E-state index < -0.39 is 11.1 Å². The van der Waals surface area contributed by atoms with Gasteiger partial charge in [-0.2, -0.15) is 0 Å². The molecule has 7 heteroatoms. The van der Waals surface area contributed by atoms with Crippen molar-refractivity contribution in [2.45, 2.75) is 5.75 Å². The summed E-state index contributed by atoms with van der Waals surface area (Å²) in [6, 6.07) is 21.0. The van der Waals surface area contributed by atoms with Crippen molar-refractivity contribution in [3.05, 3.63) is 89.2 Å². The zero-order chi connectivity index (χ0) is 20.4. The molecule has 1 heterocycles. The number of nitrogens with zero attached hydrogens (tertiary/aromatic N) is 1. The molecule has 1 unspecified atom stereocenters. The molecule has 0 spiro atoms. The molecule has 0 saturated carbocycles. The highest BCUT2D eigenvalue weighted by molar-refractivity contribution is 7.78. The smallest absolute Gasteiger partial charge is 0.126 e. The molecule has 0 N–H and O–H groups in total. The fourth-order valence-electron chi connectivity index (χ4n) is 2.96. The second-order valence-corrected chi connectivity index (χ2v) is 8.63. The van der Waals surface area contributed by atoms with Crippen LogP contribution in [0.5, 0.6) is 0 Å². The van der Waals surface area contributed by atoms with E-state index in [1.54, 1.807) is 24.3 Å². The Bertz CT molecular complexity index is 1170. The first-order valence-corrected chi connectivity index (χ1v) is 11.1. The van der Waals surface area contributed by atoms with Gasteiger partial charge >= 0.3 is 0 Å². The highest BCUT2D eigenvalue weighted by Crippen LogP contribution is 2.42. The summed E-state index contributed by atoms with van der Waals surface area (Å²) in [6.07, 6.45) is 0. The molecule has 146 valence electrons. The molecule has 4 rings (SSSR count). The van der Waals surface area contributed by atoms with Crippen LogP contribution in [0, 0.1) is 5.82 Å². The molecule has 0 fully saturated rings. The van der Waals surface area contributed by atoms with Gasteiger partial charge < -0.3 is 4.55 Å². The van der Waals surface area contributed by atoms with Crippen LogP contribution < -0.4 is 0 Å². The molecular formula is C22H14ClFNO2S2-. The average Bonchev–Trinajstić information content (AvgIpc) is 3.14. The summed E-state index contributed by atoms with van der Waals surface area (Å²) in [4.78, 5) is 5.71. The number of halogens is 2. The summed E-state index contributed by atoms with van der Waals surface area (Å²) < 4.78 is 35.3. The van der Waals surface area contributed by atoms with Gasteiger partial charge in [-0.15, -0.1) is 11.3 Å². The van der Waals surface area contributed by atoms with Gasteiger partial charge in [-0.3, -0.25) is 4.21 Å². The first-order chi connectivity index (χ1) is 14.0. The minimum absolute atomic E-state index is 0.0291. The zero-order valence-corrected chi connectivity index (χ0v) is 17.4. The van der Waals surface area contributed by atoms with Gasteiger partial charge in [0, 0.05) is 16.9 Å². The Hall–Kier alpha value is -2.38. The minimum Gasteiger partial charge on any atom is -0.772 e. The SMILES string of the molecule is O=S([O-])Cc1ccc(-c2sc(-c3ccccc3Cl)nc2-c2ccc(F)cc2)cc1. The maximum atomic E-state index is 13.4. The third-order valence-electron chi connectivity index (χ3n) is 4.35. The second kappa shape index (κ2) is 8.55. The van der Waals surface area contributed by atoms with Gasteiger partial charge in [-0.25, -0.2) is 9.37 Å². The van der Waals surface area contributed by atoms with Crippen molar-refractivity contribution in [3.63, 3.8) is 0 Å². The Morgan fingerprint density at radius 1 is 0.966 bits per heavy atom. The predicted octanol–water partition coefficient (Wildman–Crippen LogP) is 6.32. The standard InChI is InChI=1S/C22H15ClFNO2S2/c23-19-4-2-1-3-18(19)22-25-20(15-9-11-17(24)12-10-15)21(28-22)16-7-5-14(6-8-16)13-29(26)27/h1-12H,13H2,(H,26,27)/p-1. The van der Waals surface area contributed by atoms with Crippen molar-refractivity contribution in [3.8, 4) is 32.3 Å². The lowest BCUT2D eigenvalue weighted by Crippen LogP contribution is -1.92. The second-order valence-electron chi connectivity index (χ2n) is 6.33. The summed E-state index contributed by atoms with van der Waals surface area (Å²) in [5.74, 6) is -0.342. The lowest BCUT2D eigenvalue weighted by molar-refractivity contribution is 0.536. The van der Waals surface area contributed by atoms with Gasteiger partial charge in [-0.1, -0.05) is 65.1 Å². The number of benzene rings is 3. The Morgan fingerprint density at radius 3 is 2.28 bits per heavy atom. The van der Waals surface area contributed by atoms with Crippen LogP contribution in [-0.4, -0.2) is 13.7 Å². The molecule has 0 aliphatic carbocycles. The van der Waals surface area contributed by atoms with Crippen molar-refractivity contribution in [1.29, 1.82) is 0 Å². The molecule has 0 bridgehead atoms. The minimum atomic E-state index is -2.14. The van der Waals surface area contributed by atoms with Crippen LogP contribution in [-0.2, 0) is 16.8 Å². The third kappa shape index (κ3) is 4.46. The van der Waals surface area contributed by atoms with Gasteiger partial charge in [0.05, 0.1) is 15.6 Å². The first-order valence-electron chi connectivity index (χ1n) is 8.68. The topological polar surface area (TPSA) is 53.0 Å². The molecule has 29 heavy (non-hydrogen) atoms. The number of aromatic nitrogens is 1. The Morgan fingerprint density at radius 2 is 1.62 bits per heavy atom. The molecule has 3 nitrogen and oxygen atoms in total. The van der Waals surface area contributed by atoms with Crippen LogP contribution in [0.15, 0.2) is 72.8 Å². The van der Waals surface area contributed by atoms with Crippen LogP contribution in [0.3, 0.4) is 0 Å². The Kier molecular flexibility index (Phi) is 5.87. The lowest BCUT2D eigenvalue weighted by Gasteiger charge is -2.07. The highest BCUT2D eigenvalue weighted by atomic mass is 35.5. The highest BCUT2D eigenvalue weighted by Gasteiger charge is 2.17. The van der Waals surface area contributed by atoms with Gasteiger partial charge in [0.25, 0.3) is 0 Å². The molecule has 3 aromatic carbocycles. The van der Waals surface area contributed by atoms with Crippen molar-refractivity contribution in [1.82, 2.24) is 4.98 Å². The molecule has 0 radical (unpaired) electrons. The van der Waals surface area contributed by atoms with Crippen molar-refractivity contribution >= 4 is 34.0 Å². The summed E-state index contributed by atoms with van der Waals surface area (Å²) in [5.41, 5.74) is 3.96. The van der Waals surface area contributed by atoms with E-state index in [0.717, 1.165) is 32.3 Å². The van der Waals surface area contributed by atoms with E-state index in [-0.39, 0.29) is 11.6 Å². The van der Waals surface area contributed by atoms with E-state index in [1.807, 2.05) is 36.4 Å². The van der Waals surface area contributed by atoms with E-state index in [4.69, 9.17) is 16.6 Å². The Labute approximate surface area is 179 Å². The quantitative estimate of drug-likeness (QED) is 0.340. The van der Waals surface area contributed by atoms with E-state index >= 15 is 0 Å². The van der Waals surface area contributed by atoms with E-state index in [9.17, 15) is 13.2 Å². The lowest BCUT2D eigenvalue weighted by atomic mass is 10.1. The molecule has 1 atom stereocenters. The van der Waals surface area contributed by atoms with Gasteiger partial charge in [-0.05, 0) is 41.5 Å². The van der Waals surface area contributed by atoms with Crippen LogP contribution >= 0.6 is 22.9 Å². The van der Waals surface area contributed by atoms with Crippen molar-refractivity contribution in [2.24, 2.45) is 0 Å². The summed E-state index contributed by atoms with van der Waals surface area (Å²) in [7, 11) is 0. The summed E-state index contributed by atoms with van der Waals surface area (Å²) in [5, 5.41) is 1.36. The predicted molar refractivity (Wildman–Crippen MR) is 116 cm³/mol. The van der Waals surface area contributed by atoms with Crippen LogP contribution in [0.1, 0.15) is 5.56 Å². The van der Waals surface area contributed by atoms with Crippen molar-refractivity contribution in [2.75, 3.05) is 0 Å². The molecule has 0 aliphatic rings. The van der Waals surface area contributed by atoms with Crippen LogP contribution in [0.4, 0.5) is 4.39 Å². The molecular weight excluding hydrogens is 429 g/mol. The summed E-state index contributed by atoms with van der Waals surface area (Å²) >= 11 is 5.71. The normalized spacial score (nSPS) is 12.1. The molecule has 0 aliphatic heterocycles. The van der Waals surface area contributed by atoms with Crippen LogP contribution in [0.2, 0.25) is 5.02 Å².